The molecule has 134 valence electrons. The van der Waals surface area contributed by atoms with Gasteiger partial charge in [-0.1, -0.05) is 12.1 Å². The summed E-state index contributed by atoms with van der Waals surface area (Å²) in [7, 11) is -3.69. The van der Waals surface area contributed by atoms with Crippen LogP contribution >= 0.6 is 0 Å². The van der Waals surface area contributed by atoms with Gasteiger partial charge in [0.1, 0.15) is 5.75 Å². The standard InChI is InChI=1S/C18H22N2O4S/c1-4-19-18(21)12-24-15-7-9-16(10-8-15)25(22,23)20-17-11-13(2)5-6-14(17)3/h5-11,20H,4,12H2,1-3H3,(H,19,21). The second-order valence-corrected chi connectivity index (χ2v) is 7.32. The first-order valence-corrected chi connectivity index (χ1v) is 9.40. The monoisotopic (exact) mass is 362 g/mol. The van der Waals surface area contributed by atoms with Crippen molar-refractivity contribution in [3.05, 3.63) is 53.6 Å². The van der Waals surface area contributed by atoms with E-state index in [1.807, 2.05) is 32.9 Å². The van der Waals surface area contributed by atoms with Crippen molar-refractivity contribution in [2.75, 3.05) is 17.9 Å². The minimum Gasteiger partial charge on any atom is -0.484 e. The highest BCUT2D eigenvalue weighted by Gasteiger charge is 2.15. The van der Waals surface area contributed by atoms with Crippen LogP contribution in [-0.2, 0) is 14.8 Å². The summed E-state index contributed by atoms with van der Waals surface area (Å²) in [5.74, 6) is 0.202. The Morgan fingerprint density at radius 3 is 2.40 bits per heavy atom. The summed E-state index contributed by atoms with van der Waals surface area (Å²) in [5.41, 5.74) is 2.37. The number of carbonyl (C=O) groups is 1. The van der Waals surface area contributed by atoms with Crippen molar-refractivity contribution in [2.24, 2.45) is 0 Å². The molecule has 0 spiro atoms. The van der Waals surface area contributed by atoms with Crippen LogP contribution < -0.4 is 14.8 Å². The van der Waals surface area contributed by atoms with Crippen LogP contribution in [-0.4, -0.2) is 27.5 Å². The molecule has 25 heavy (non-hydrogen) atoms. The molecule has 0 aliphatic heterocycles. The topological polar surface area (TPSA) is 84.5 Å². The molecule has 0 aliphatic rings. The maximum absolute atomic E-state index is 12.5. The molecule has 7 heteroatoms. The third-order valence-electron chi connectivity index (χ3n) is 3.52. The van der Waals surface area contributed by atoms with Gasteiger partial charge in [0.2, 0.25) is 0 Å². The Morgan fingerprint density at radius 1 is 1.08 bits per heavy atom. The molecule has 2 aromatic rings. The van der Waals surface area contributed by atoms with E-state index in [4.69, 9.17) is 4.74 Å². The fourth-order valence-electron chi connectivity index (χ4n) is 2.16. The van der Waals surface area contributed by atoms with E-state index >= 15 is 0 Å². The Morgan fingerprint density at radius 2 is 1.76 bits per heavy atom. The van der Waals surface area contributed by atoms with Crippen LogP contribution in [0, 0.1) is 13.8 Å². The first-order valence-electron chi connectivity index (χ1n) is 7.91. The van der Waals surface area contributed by atoms with Crippen molar-refractivity contribution >= 4 is 21.6 Å². The summed E-state index contributed by atoms with van der Waals surface area (Å²) >= 11 is 0. The molecule has 6 nitrogen and oxygen atoms in total. The molecule has 0 fully saturated rings. The highest BCUT2D eigenvalue weighted by atomic mass is 32.2. The molecule has 2 N–H and O–H groups in total. The molecule has 0 radical (unpaired) electrons. The maximum atomic E-state index is 12.5. The SMILES string of the molecule is CCNC(=O)COc1ccc(S(=O)(=O)Nc2cc(C)ccc2C)cc1. The van der Waals surface area contributed by atoms with E-state index in [1.54, 1.807) is 6.07 Å². The number of hydrogen-bond donors (Lipinski definition) is 2. The molecule has 1 amide bonds. The first-order chi connectivity index (χ1) is 11.8. The average molecular weight is 362 g/mol. The summed E-state index contributed by atoms with van der Waals surface area (Å²) < 4.78 is 32.9. The molecular formula is C18H22N2O4S. The highest BCUT2D eigenvalue weighted by Crippen LogP contribution is 2.22. The fourth-order valence-corrected chi connectivity index (χ4v) is 3.28. The zero-order chi connectivity index (χ0) is 18.4. The predicted octanol–water partition coefficient (Wildman–Crippen LogP) is 2.62. The molecule has 0 saturated carbocycles. The van der Waals surface area contributed by atoms with Crippen molar-refractivity contribution < 1.29 is 17.9 Å². The lowest BCUT2D eigenvalue weighted by Gasteiger charge is -2.12. The largest absolute Gasteiger partial charge is 0.484 e. The average Bonchev–Trinajstić information content (AvgIpc) is 2.57. The molecule has 0 saturated heterocycles. The van der Waals surface area contributed by atoms with Gasteiger partial charge in [-0.05, 0) is 62.2 Å². The molecular weight excluding hydrogens is 340 g/mol. The molecule has 0 heterocycles. The zero-order valence-electron chi connectivity index (χ0n) is 14.5. The minimum absolute atomic E-state index is 0.110. The normalized spacial score (nSPS) is 11.0. The van der Waals surface area contributed by atoms with Crippen molar-refractivity contribution in [1.82, 2.24) is 5.32 Å². The minimum atomic E-state index is -3.69. The van der Waals surface area contributed by atoms with Crippen molar-refractivity contribution in [2.45, 2.75) is 25.7 Å². The number of benzene rings is 2. The molecule has 0 atom stereocenters. The first kappa shape index (κ1) is 18.8. The highest BCUT2D eigenvalue weighted by molar-refractivity contribution is 7.92. The summed E-state index contributed by atoms with van der Waals surface area (Å²) in [6, 6.07) is 11.5. The summed E-state index contributed by atoms with van der Waals surface area (Å²) in [6.45, 7) is 5.98. The van der Waals surface area contributed by atoms with E-state index in [0.29, 0.717) is 18.0 Å². The van der Waals surface area contributed by atoms with Gasteiger partial charge in [-0.3, -0.25) is 9.52 Å². The van der Waals surface area contributed by atoms with Gasteiger partial charge in [0.15, 0.2) is 6.61 Å². The van der Waals surface area contributed by atoms with Crippen molar-refractivity contribution in [3.8, 4) is 5.75 Å². The lowest BCUT2D eigenvalue weighted by molar-refractivity contribution is -0.122. The van der Waals surface area contributed by atoms with Crippen LogP contribution in [0.4, 0.5) is 5.69 Å². The number of sulfonamides is 1. The lowest BCUT2D eigenvalue weighted by Crippen LogP contribution is -2.28. The number of likely N-dealkylation sites (N-methyl/N-ethyl adjacent to an activating group) is 1. The van der Waals surface area contributed by atoms with Gasteiger partial charge in [-0.2, -0.15) is 0 Å². The van der Waals surface area contributed by atoms with Gasteiger partial charge in [0, 0.05) is 6.54 Å². The van der Waals surface area contributed by atoms with Crippen LogP contribution in [0.3, 0.4) is 0 Å². The molecule has 0 aliphatic carbocycles. The summed E-state index contributed by atoms with van der Waals surface area (Å²) in [5, 5.41) is 2.62. The van der Waals surface area contributed by atoms with Crippen LogP contribution in [0.15, 0.2) is 47.4 Å². The van der Waals surface area contributed by atoms with E-state index in [-0.39, 0.29) is 17.4 Å². The molecule has 2 aromatic carbocycles. The van der Waals surface area contributed by atoms with Crippen LogP contribution in [0.2, 0.25) is 0 Å². The third-order valence-corrected chi connectivity index (χ3v) is 4.90. The Balaban J connectivity index is 2.09. The van der Waals surface area contributed by atoms with E-state index < -0.39 is 10.0 Å². The quantitative estimate of drug-likeness (QED) is 0.793. The summed E-state index contributed by atoms with van der Waals surface area (Å²) in [6.07, 6.45) is 0. The number of carbonyl (C=O) groups excluding carboxylic acids is 1. The molecule has 2 rings (SSSR count). The van der Waals surface area contributed by atoms with E-state index in [9.17, 15) is 13.2 Å². The van der Waals surface area contributed by atoms with Gasteiger partial charge < -0.3 is 10.1 Å². The van der Waals surface area contributed by atoms with Gasteiger partial charge in [0.05, 0.1) is 10.6 Å². The second kappa shape index (κ2) is 8.02. The van der Waals surface area contributed by atoms with Gasteiger partial charge in [-0.25, -0.2) is 8.42 Å². The van der Waals surface area contributed by atoms with E-state index in [0.717, 1.165) is 11.1 Å². The Hall–Kier alpha value is -2.54. The number of amides is 1. The zero-order valence-corrected chi connectivity index (χ0v) is 15.3. The third kappa shape index (κ3) is 5.22. The van der Waals surface area contributed by atoms with Gasteiger partial charge >= 0.3 is 0 Å². The predicted molar refractivity (Wildman–Crippen MR) is 97.3 cm³/mol. The fraction of sp³-hybridized carbons (Fsp3) is 0.278. The number of nitrogens with one attached hydrogen (secondary N) is 2. The number of rotatable bonds is 7. The maximum Gasteiger partial charge on any atom is 0.261 e. The van der Waals surface area contributed by atoms with Gasteiger partial charge in [-0.15, -0.1) is 0 Å². The number of ether oxygens (including phenoxy) is 1. The number of aryl methyl sites for hydroxylation is 2. The van der Waals surface area contributed by atoms with Crippen molar-refractivity contribution in [1.29, 1.82) is 0 Å². The lowest BCUT2D eigenvalue weighted by atomic mass is 10.1. The molecule has 0 aromatic heterocycles. The van der Waals surface area contributed by atoms with Crippen LogP contribution in [0.1, 0.15) is 18.1 Å². The van der Waals surface area contributed by atoms with E-state index in [1.165, 1.54) is 24.3 Å². The van der Waals surface area contributed by atoms with E-state index in [2.05, 4.69) is 10.0 Å². The van der Waals surface area contributed by atoms with Crippen LogP contribution in [0.25, 0.3) is 0 Å². The molecule has 0 unspecified atom stereocenters. The number of anilines is 1. The summed E-state index contributed by atoms with van der Waals surface area (Å²) in [4.78, 5) is 11.5. The Labute approximate surface area is 148 Å². The number of hydrogen-bond acceptors (Lipinski definition) is 4. The second-order valence-electron chi connectivity index (χ2n) is 5.64. The molecule has 0 bridgehead atoms. The van der Waals surface area contributed by atoms with Gasteiger partial charge in [0.25, 0.3) is 15.9 Å². The van der Waals surface area contributed by atoms with Crippen molar-refractivity contribution in [3.63, 3.8) is 0 Å². The van der Waals surface area contributed by atoms with Crippen LogP contribution in [0.5, 0.6) is 5.75 Å². The Kier molecular flexibility index (Phi) is 6.03. The smallest absolute Gasteiger partial charge is 0.261 e. The Bertz CT molecular complexity index is 846.